The van der Waals surface area contributed by atoms with Crippen LogP contribution in [0.3, 0.4) is 0 Å². The second-order valence-electron chi connectivity index (χ2n) is 8.76. The van der Waals surface area contributed by atoms with Gasteiger partial charge >= 0.3 is 0 Å². The topological polar surface area (TPSA) is 142 Å². The van der Waals surface area contributed by atoms with Crippen molar-refractivity contribution < 1.29 is 34.0 Å². The van der Waals surface area contributed by atoms with Crippen LogP contribution in [0.4, 0.5) is 10.1 Å². The highest BCUT2D eigenvalue weighted by atomic mass is 19.1. The van der Waals surface area contributed by atoms with Crippen molar-refractivity contribution in [3.05, 3.63) is 60.5 Å². The van der Waals surface area contributed by atoms with Gasteiger partial charge in [-0.1, -0.05) is 17.3 Å². The number of ether oxygens (including phenoxy) is 2. The standard InChI is InChI=1S/C25H30FN5O6/c1-30(11-10-27-17-6-8-18(36-2)9-7-17)25(35)24-23(34)21(22(33)20(14-32)37-24)31-13-19(28-29-31)15-4-3-5-16(26)12-15/h3-9,12-13,20-24,27,32-34H,10-11,14H2,1-2H3/t20-,21+,22+,23-,24-/m1/s1. The van der Waals surface area contributed by atoms with Crippen molar-refractivity contribution >= 4 is 11.6 Å². The molecule has 4 rings (SSSR count). The first-order valence-electron chi connectivity index (χ1n) is 11.8. The zero-order chi connectivity index (χ0) is 26.5. The number of carbonyl (C=O) groups is 1. The average Bonchev–Trinajstić information content (AvgIpc) is 3.39. The molecule has 4 N–H and O–H groups in total. The number of anilines is 1. The minimum atomic E-state index is -1.50. The van der Waals surface area contributed by atoms with Crippen LogP contribution in [-0.4, -0.2) is 99.4 Å². The van der Waals surface area contributed by atoms with Gasteiger partial charge in [0.25, 0.3) is 5.91 Å². The minimum absolute atomic E-state index is 0.293. The molecular formula is C25H30FN5O6. The van der Waals surface area contributed by atoms with Crippen LogP contribution in [0.25, 0.3) is 11.3 Å². The normalized spacial score (nSPS) is 23.5. The van der Waals surface area contributed by atoms with Crippen molar-refractivity contribution in [1.29, 1.82) is 0 Å². The lowest BCUT2D eigenvalue weighted by atomic mass is 9.92. The Morgan fingerprint density at radius 2 is 1.97 bits per heavy atom. The zero-order valence-electron chi connectivity index (χ0n) is 20.4. The van der Waals surface area contributed by atoms with Gasteiger partial charge in [0.2, 0.25) is 0 Å². The van der Waals surface area contributed by atoms with Crippen LogP contribution in [-0.2, 0) is 9.53 Å². The van der Waals surface area contributed by atoms with E-state index in [1.165, 1.54) is 34.0 Å². The summed E-state index contributed by atoms with van der Waals surface area (Å²) in [6.07, 6.45) is -3.94. The van der Waals surface area contributed by atoms with Crippen molar-refractivity contribution in [1.82, 2.24) is 19.9 Å². The fraction of sp³-hybridized carbons (Fsp3) is 0.400. The van der Waals surface area contributed by atoms with Gasteiger partial charge in [0.15, 0.2) is 6.10 Å². The summed E-state index contributed by atoms with van der Waals surface area (Å²) in [5.74, 6) is -0.245. The molecule has 1 fully saturated rings. The molecular weight excluding hydrogens is 485 g/mol. The first kappa shape index (κ1) is 26.5. The van der Waals surface area contributed by atoms with Crippen LogP contribution in [0.5, 0.6) is 5.75 Å². The maximum Gasteiger partial charge on any atom is 0.254 e. The Bertz CT molecular complexity index is 1190. The number of hydrogen-bond donors (Lipinski definition) is 4. The van der Waals surface area contributed by atoms with Crippen LogP contribution in [0.2, 0.25) is 0 Å². The van der Waals surface area contributed by atoms with E-state index in [2.05, 4.69) is 15.6 Å². The van der Waals surface area contributed by atoms with Crippen LogP contribution < -0.4 is 10.1 Å². The Labute approximate surface area is 213 Å². The molecule has 12 heteroatoms. The fourth-order valence-corrected chi connectivity index (χ4v) is 4.23. The lowest BCUT2D eigenvalue weighted by molar-refractivity contribution is -0.210. The molecule has 1 aliphatic heterocycles. The quantitative estimate of drug-likeness (QED) is 0.324. The molecule has 0 bridgehead atoms. The summed E-state index contributed by atoms with van der Waals surface area (Å²) in [5, 5.41) is 42.8. The van der Waals surface area contributed by atoms with E-state index in [-0.39, 0.29) is 0 Å². The zero-order valence-corrected chi connectivity index (χ0v) is 20.4. The predicted octanol–water partition coefficient (Wildman–Crippen LogP) is 0.686. The molecule has 2 aromatic carbocycles. The number of halogens is 1. The first-order valence-corrected chi connectivity index (χ1v) is 11.8. The molecule has 5 atom stereocenters. The van der Waals surface area contributed by atoms with Gasteiger partial charge < -0.3 is 35.0 Å². The summed E-state index contributed by atoms with van der Waals surface area (Å²) in [6.45, 7) is 0.136. The molecule has 1 aromatic heterocycles. The van der Waals surface area contributed by atoms with E-state index < -0.39 is 48.8 Å². The van der Waals surface area contributed by atoms with Gasteiger partial charge in [-0.25, -0.2) is 9.07 Å². The number of benzene rings is 2. The van der Waals surface area contributed by atoms with E-state index in [4.69, 9.17) is 9.47 Å². The van der Waals surface area contributed by atoms with Crippen LogP contribution in [0.15, 0.2) is 54.7 Å². The highest BCUT2D eigenvalue weighted by Crippen LogP contribution is 2.31. The monoisotopic (exact) mass is 515 g/mol. The molecule has 2 heterocycles. The van der Waals surface area contributed by atoms with E-state index in [1.807, 2.05) is 24.3 Å². The largest absolute Gasteiger partial charge is 0.497 e. The van der Waals surface area contributed by atoms with Crippen LogP contribution in [0.1, 0.15) is 6.04 Å². The van der Waals surface area contributed by atoms with E-state index >= 15 is 0 Å². The number of nitrogens with zero attached hydrogens (tertiary/aromatic N) is 4. The van der Waals surface area contributed by atoms with Crippen molar-refractivity contribution in [3.63, 3.8) is 0 Å². The maximum absolute atomic E-state index is 13.6. The van der Waals surface area contributed by atoms with Crippen molar-refractivity contribution in [2.45, 2.75) is 30.5 Å². The van der Waals surface area contributed by atoms with Gasteiger partial charge in [0, 0.05) is 31.4 Å². The second kappa shape index (κ2) is 11.6. The Kier molecular flexibility index (Phi) is 8.34. The summed E-state index contributed by atoms with van der Waals surface area (Å²) in [4.78, 5) is 14.6. The molecule has 0 unspecified atom stereocenters. The van der Waals surface area contributed by atoms with Crippen LogP contribution >= 0.6 is 0 Å². The summed E-state index contributed by atoms with van der Waals surface area (Å²) in [6, 6.07) is 11.9. The Hall–Kier alpha value is -3.58. The fourth-order valence-electron chi connectivity index (χ4n) is 4.23. The van der Waals surface area contributed by atoms with Gasteiger partial charge in [-0.15, -0.1) is 5.10 Å². The van der Waals surface area contributed by atoms with E-state index in [0.29, 0.717) is 24.3 Å². The molecule has 11 nitrogen and oxygen atoms in total. The second-order valence-corrected chi connectivity index (χ2v) is 8.76. The van der Waals surface area contributed by atoms with Gasteiger partial charge in [-0.3, -0.25) is 4.79 Å². The Balaban J connectivity index is 1.45. The average molecular weight is 516 g/mol. The van der Waals surface area contributed by atoms with Gasteiger partial charge in [0.1, 0.15) is 41.6 Å². The van der Waals surface area contributed by atoms with Crippen molar-refractivity contribution in [2.75, 3.05) is 39.2 Å². The first-order chi connectivity index (χ1) is 17.8. The van der Waals surface area contributed by atoms with E-state index in [0.717, 1.165) is 11.4 Å². The van der Waals surface area contributed by atoms with E-state index in [9.17, 15) is 24.5 Å². The number of hydrogen-bond acceptors (Lipinski definition) is 9. The number of amides is 1. The highest BCUT2D eigenvalue weighted by molar-refractivity contribution is 5.81. The molecule has 1 amide bonds. The smallest absolute Gasteiger partial charge is 0.254 e. The Morgan fingerprint density at radius 3 is 2.65 bits per heavy atom. The summed E-state index contributed by atoms with van der Waals surface area (Å²) >= 11 is 0. The molecule has 0 spiro atoms. The van der Waals surface area contributed by atoms with Gasteiger partial charge in [-0.2, -0.15) is 0 Å². The van der Waals surface area contributed by atoms with Crippen molar-refractivity contribution in [2.24, 2.45) is 0 Å². The molecule has 37 heavy (non-hydrogen) atoms. The number of likely N-dealkylation sites (N-methyl/N-ethyl adjacent to an activating group) is 1. The number of rotatable bonds is 9. The molecule has 1 aliphatic rings. The number of aromatic nitrogens is 3. The number of aliphatic hydroxyl groups excluding tert-OH is 3. The van der Waals surface area contributed by atoms with Crippen LogP contribution in [0, 0.1) is 5.82 Å². The third kappa shape index (κ3) is 5.88. The SMILES string of the molecule is COc1ccc(NCCN(C)C(=O)[C@@H]2O[C@H](CO)[C@H](O)[C@H](n3cc(-c4cccc(F)c4)nn3)[C@H]2O)cc1. The molecule has 198 valence electrons. The molecule has 0 saturated carbocycles. The highest BCUT2D eigenvalue weighted by Gasteiger charge is 2.49. The Morgan fingerprint density at radius 1 is 1.22 bits per heavy atom. The number of carbonyl (C=O) groups excluding carboxylic acids is 1. The molecule has 0 aliphatic carbocycles. The number of nitrogens with one attached hydrogen (secondary N) is 1. The molecule has 0 radical (unpaired) electrons. The number of aliphatic hydroxyl groups is 3. The summed E-state index contributed by atoms with van der Waals surface area (Å²) < 4.78 is 25.6. The van der Waals surface area contributed by atoms with E-state index in [1.54, 1.807) is 20.2 Å². The lowest BCUT2D eigenvalue weighted by Crippen LogP contribution is -2.60. The number of methoxy groups -OCH3 is 1. The predicted molar refractivity (Wildman–Crippen MR) is 131 cm³/mol. The third-order valence-corrected chi connectivity index (χ3v) is 6.31. The van der Waals surface area contributed by atoms with Gasteiger partial charge in [-0.05, 0) is 36.4 Å². The summed E-state index contributed by atoms with van der Waals surface area (Å²) in [5.41, 5.74) is 1.62. The molecule has 1 saturated heterocycles. The van der Waals surface area contributed by atoms with Gasteiger partial charge in [0.05, 0.1) is 19.9 Å². The lowest BCUT2D eigenvalue weighted by Gasteiger charge is -2.42. The maximum atomic E-state index is 13.6. The van der Waals surface area contributed by atoms with Crippen molar-refractivity contribution in [3.8, 4) is 17.0 Å². The molecule has 3 aromatic rings. The summed E-state index contributed by atoms with van der Waals surface area (Å²) in [7, 11) is 3.15. The minimum Gasteiger partial charge on any atom is -0.497 e. The third-order valence-electron chi connectivity index (χ3n) is 6.31.